The minimum absolute atomic E-state index is 0.153. The number of nitrogens with zero attached hydrogens (tertiary/aromatic N) is 1. The van der Waals surface area contributed by atoms with Crippen LogP contribution in [-0.2, 0) is 0 Å². The van der Waals surface area contributed by atoms with E-state index in [9.17, 15) is 32.1 Å². The van der Waals surface area contributed by atoms with Gasteiger partial charge in [0.25, 0.3) is 0 Å². The lowest BCUT2D eigenvalue weighted by atomic mass is 10.2. The first-order chi connectivity index (χ1) is 9.61. The van der Waals surface area contributed by atoms with Crippen molar-refractivity contribution in [2.45, 2.75) is 18.9 Å². The van der Waals surface area contributed by atoms with Crippen molar-refractivity contribution in [1.29, 1.82) is 0 Å². The molecular weight excluding hydrogens is 307 g/mol. The number of aliphatic hydroxyl groups is 1. The molecule has 0 aromatic heterocycles. The molecule has 0 amide bonds. The van der Waals surface area contributed by atoms with E-state index in [2.05, 4.69) is 10.1 Å². The first-order valence-corrected chi connectivity index (χ1v) is 5.33. The number of hydrogen-bond acceptors (Lipinski definition) is 5. The predicted molar refractivity (Wildman–Crippen MR) is 60.3 cm³/mol. The van der Waals surface area contributed by atoms with E-state index in [-0.39, 0.29) is 5.69 Å². The third kappa shape index (κ3) is 5.02. The maximum Gasteiger partial charge on any atom is 0.416 e. The van der Waals surface area contributed by atoms with E-state index in [1.807, 2.05) is 0 Å². The molecule has 0 fully saturated rings. The molecule has 0 heterocycles. The smallest absolute Gasteiger partial charge is 0.416 e. The van der Waals surface area contributed by atoms with Crippen molar-refractivity contribution in [3.05, 3.63) is 28.3 Å². The predicted octanol–water partition coefficient (Wildman–Crippen LogP) is 2.53. The summed E-state index contributed by atoms with van der Waals surface area (Å²) in [5, 5.41) is 21.5. The number of rotatable bonds is 6. The number of nitrogens with one attached hydrogen (secondary N) is 1. The fraction of sp³-hybridized carbons (Fsp3) is 0.400. The molecule has 21 heavy (non-hydrogen) atoms. The van der Waals surface area contributed by atoms with Crippen LogP contribution in [0.25, 0.3) is 0 Å². The van der Waals surface area contributed by atoms with Gasteiger partial charge in [0.2, 0.25) is 5.75 Å². The normalized spacial score (nSPS) is 13.1. The van der Waals surface area contributed by atoms with E-state index in [1.165, 1.54) is 0 Å². The summed E-state index contributed by atoms with van der Waals surface area (Å²) < 4.78 is 64.4. The van der Waals surface area contributed by atoms with Crippen LogP contribution >= 0.6 is 0 Å². The zero-order valence-electron chi connectivity index (χ0n) is 10.1. The Kier molecular flexibility index (Phi) is 5.24. The number of ether oxygens (including phenoxy) is 1. The van der Waals surface area contributed by atoms with E-state index < -0.39 is 41.8 Å². The van der Waals surface area contributed by atoms with Gasteiger partial charge in [-0.15, -0.1) is 0 Å². The van der Waals surface area contributed by atoms with Crippen LogP contribution in [-0.4, -0.2) is 35.5 Å². The number of halogens is 5. The van der Waals surface area contributed by atoms with Crippen LogP contribution in [0.4, 0.5) is 33.3 Å². The number of alkyl halides is 5. The molecule has 1 aromatic carbocycles. The lowest BCUT2D eigenvalue weighted by molar-refractivity contribution is -0.386. The van der Waals surface area contributed by atoms with Gasteiger partial charge in [-0.05, 0) is 6.07 Å². The average Bonchev–Trinajstić information content (AvgIpc) is 2.33. The number of aliphatic hydroxyl groups excluding tert-OH is 1. The van der Waals surface area contributed by atoms with E-state index in [4.69, 9.17) is 5.11 Å². The molecule has 6 nitrogen and oxygen atoms in total. The standard InChI is InChI=1S/C10H9F5N2O4/c11-9(12)21-7-3-5(1-2-6(7)17(19)20)16-4-8(18)10(13,14)15/h1-3,8-9,16,18H,4H2/t8-/m1/s1. The van der Waals surface area contributed by atoms with E-state index in [0.29, 0.717) is 0 Å². The summed E-state index contributed by atoms with van der Waals surface area (Å²) in [6.07, 6.45) is -7.53. The summed E-state index contributed by atoms with van der Waals surface area (Å²) in [4.78, 5) is 9.60. The Morgan fingerprint density at radius 2 is 2.00 bits per heavy atom. The highest BCUT2D eigenvalue weighted by atomic mass is 19.4. The minimum Gasteiger partial charge on any atom is -0.427 e. The Morgan fingerprint density at radius 3 is 2.48 bits per heavy atom. The van der Waals surface area contributed by atoms with Gasteiger partial charge in [0.15, 0.2) is 6.10 Å². The van der Waals surface area contributed by atoms with Crippen molar-refractivity contribution < 1.29 is 36.7 Å². The molecule has 2 N–H and O–H groups in total. The van der Waals surface area contributed by atoms with Gasteiger partial charge in [-0.3, -0.25) is 10.1 Å². The Morgan fingerprint density at radius 1 is 1.38 bits per heavy atom. The molecule has 0 spiro atoms. The van der Waals surface area contributed by atoms with E-state index in [1.54, 1.807) is 0 Å². The van der Waals surface area contributed by atoms with E-state index >= 15 is 0 Å². The summed E-state index contributed by atoms with van der Waals surface area (Å²) in [6, 6.07) is 2.53. The van der Waals surface area contributed by atoms with Gasteiger partial charge in [-0.2, -0.15) is 22.0 Å². The van der Waals surface area contributed by atoms with Gasteiger partial charge in [-0.25, -0.2) is 0 Å². The number of anilines is 1. The summed E-state index contributed by atoms with van der Waals surface area (Å²) in [6.45, 7) is -4.28. The summed E-state index contributed by atoms with van der Waals surface area (Å²) in [5.41, 5.74) is -0.920. The van der Waals surface area contributed by atoms with E-state index in [0.717, 1.165) is 18.2 Å². The summed E-state index contributed by atoms with van der Waals surface area (Å²) in [7, 11) is 0. The molecule has 0 radical (unpaired) electrons. The fourth-order valence-corrected chi connectivity index (χ4v) is 1.30. The zero-order chi connectivity index (χ0) is 16.2. The van der Waals surface area contributed by atoms with Crippen molar-refractivity contribution in [3.63, 3.8) is 0 Å². The molecule has 11 heteroatoms. The molecular formula is C10H9F5N2O4. The van der Waals surface area contributed by atoms with Crippen molar-refractivity contribution in [2.24, 2.45) is 0 Å². The SMILES string of the molecule is O=[N+]([O-])c1ccc(NC[C@@H](O)C(F)(F)F)cc1OC(F)F. The number of hydrogen-bond donors (Lipinski definition) is 2. The Balaban J connectivity index is 2.87. The van der Waals surface area contributed by atoms with Crippen LogP contribution in [0.3, 0.4) is 0 Å². The maximum absolute atomic E-state index is 12.1. The van der Waals surface area contributed by atoms with Gasteiger partial charge in [0.1, 0.15) is 0 Å². The van der Waals surface area contributed by atoms with Crippen molar-refractivity contribution in [2.75, 3.05) is 11.9 Å². The van der Waals surface area contributed by atoms with Crippen LogP contribution < -0.4 is 10.1 Å². The lowest BCUT2D eigenvalue weighted by Crippen LogP contribution is -2.35. The fourth-order valence-electron chi connectivity index (χ4n) is 1.30. The van der Waals surface area contributed by atoms with Gasteiger partial charge < -0.3 is 15.2 Å². The molecule has 1 aromatic rings. The maximum atomic E-state index is 12.1. The molecule has 0 aliphatic heterocycles. The third-order valence-corrected chi connectivity index (χ3v) is 2.25. The molecule has 0 aliphatic rings. The highest BCUT2D eigenvalue weighted by molar-refractivity contribution is 5.58. The van der Waals surface area contributed by atoms with Crippen LogP contribution in [0.1, 0.15) is 0 Å². The lowest BCUT2D eigenvalue weighted by Gasteiger charge is -2.16. The van der Waals surface area contributed by atoms with Gasteiger partial charge in [-0.1, -0.05) is 0 Å². The first-order valence-electron chi connectivity index (χ1n) is 5.33. The Bertz CT molecular complexity index is 509. The number of benzene rings is 1. The van der Waals surface area contributed by atoms with Crippen LogP contribution in [0.15, 0.2) is 18.2 Å². The molecule has 118 valence electrons. The first kappa shape index (κ1) is 16.9. The summed E-state index contributed by atoms with van der Waals surface area (Å²) >= 11 is 0. The highest BCUT2D eigenvalue weighted by Crippen LogP contribution is 2.31. The highest BCUT2D eigenvalue weighted by Gasteiger charge is 2.37. The van der Waals surface area contributed by atoms with Crippen LogP contribution in [0.5, 0.6) is 5.75 Å². The molecule has 0 saturated heterocycles. The summed E-state index contributed by atoms with van der Waals surface area (Å²) in [5.74, 6) is -0.804. The van der Waals surface area contributed by atoms with Gasteiger partial charge in [0.05, 0.1) is 4.92 Å². The second-order valence-electron chi connectivity index (χ2n) is 3.76. The second-order valence-corrected chi connectivity index (χ2v) is 3.76. The molecule has 0 aliphatic carbocycles. The largest absolute Gasteiger partial charge is 0.427 e. The molecule has 0 bridgehead atoms. The Hall–Kier alpha value is -2.17. The quantitative estimate of drug-likeness (QED) is 0.478. The molecule has 0 unspecified atom stereocenters. The van der Waals surface area contributed by atoms with Crippen LogP contribution in [0, 0.1) is 10.1 Å². The monoisotopic (exact) mass is 316 g/mol. The van der Waals surface area contributed by atoms with Gasteiger partial charge in [0, 0.05) is 24.4 Å². The average molecular weight is 316 g/mol. The topological polar surface area (TPSA) is 84.6 Å². The molecule has 0 saturated carbocycles. The molecule has 1 rings (SSSR count). The third-order valence-electron chi connectivity index (χ3n) is 2.25. The van der Waals surface area contributed by atoms with Crippen molar-refractivity contribution in [1.82, 2.24) is 0 Å². The van der Waals surface area contributed by atoms with Crippen molar-refractivity contribution >= 4 is 11.4 Å². The second kappa shape index (κ2) is 6.52. The van der Waals surface area contributed by atoms with Crippen molar-refractivity contribution in [3.8, 4) is 5.75 Å². The number of nitro benzene ring substituents is 1. The zero-order valence-corrected chi connectivity index (χ0v) is 10.1. The number of nitro groups is 1. The van der Waals surface area contributed by atoms with Gasteiger partial charge >= 0.3 is 18.5 Å². The minimum atomic E-state index is -4.85. The Labute approximate surface area is 114 Å². The molecule has 1 atom stereocenters. The van der Waals surface area contributed by atoms with Crippen LogP contribution in [0.2, 0.25) is 0 Å².